The molecule has 0 bridgehead atoms. The second-order valence-electron chi connectivity index (χ2n) is 3.07. The van der Waals surface area contributed by atoms with Gasteiger partial charge in [0.2, 0.25) is 0 Å². The molecular formula is C9H11BrCl2N2. The molecule has 0 aliphatic heterocycles. The molecule has 0 saturated heterocycles. The topological polar surface area (TPSA) is 16.1 Å². The lowest BCUT2D eigenvalue weighted by Gasteiger charge is -2.25. The maximum Gasteiger partial charge on any atom is 0.142 e. The van der Waals surface area contributed by atoms with Crippen LogP contribution in [0.5, 0.6) is 0 Å². The van der Waals surface area contributed by atoms with Crippen LogP contribution >= 0.6 is 39.1 Å². The van der Waals surface area contributed by atoms with Crippen molar-refractivity contribution in [2.24, 2.45) is 0 Å². The van der Waals surface area contributed by atoms with Crippen LogP contribution in [0, 0.1) is 0 Å². The van der Waals surface area contributed by atoms with Gasteiger partial charge in [0.25, 0.3) is 0 Å². The number of alkyl halides is 1. The van der Waals surface area contributed by atoms with Crippen molar-refractivity contribution in [2.45, 2.75) is 13.0 Å². The fourth-order valence-electron chi connectivity index (χ4n) is 0.979. The van der Waals surface area contributed by atoms with Crippen LogP contribution in [-0.4, -0.2) is 24.0 Å². The van der Waals surface area contributed by atoms with E-state index >= 15 is 0 Å². The second-order valence-corrected chi connectivity index (χ2v) is 4.67. The Hall–Kier alpha value is 0.01000. The van der Waals surface area contributed by atoms with Crippen LogP contribution < -0.4 is 4.90 Å². The third-order valence-electron chi connectivity index (χ3n) is 2.01. The van der Waals surface area contributed by atoms with Gasteiger partial charge in [0.05, 0.1) is 9.50 Å². The van der Waals surface area contributed by atoms with E-state index in [1.165, 1.54) is 0 Å². The summed E-state index contributed by atoms with van der Waals surface area (Å²) in [5, 5.41) is 0.618. The Morgan fingerprint density at radius 1 is 1.64 bits per heavy atom. The SMILES string of the molecule is CC(CCl)N(C)c1ncc(Cl)cc1Br. The zero-order chi connectivity index (χ0) is 10.7. The van der Waals surface area contributed by atoms with Crippen molar-refractivity contribution in [1.82, 2.24) is 4.98 Å². The summed E-state index contributed by atoms with van der Waals surface area (Å²) >= 11 is 15.0. The molecule has 1 aromatic heterocycles. The van der Waals surface area contributed by atoms with Gasteiger partial charge in [-0.3, -0.25) is 0 Å². The van der Waals surface area contributed by atoms with Gasteiger partial charge in [-0.05, 0) is 28.9 Å². The molecule has 0 aliphatic rings. The van der Waals surface area contributed by atoms with Crippen molar-refractivity contribution in [3.05, 3.63) is 21.8 Å². The Balaban J connectivity index is 2.95. The van der Waals surface area contributed by atoms with Crippen molar-refractivity contribution in [3.63, 3.8) is 0 Å². The van der Waals surface area contributed by atoms with E-state index in [4.69, 9.17) is 23.2 Å². The van der Waals surface area contributed by atoms with Crippen molar-refractivity contribution in [3.8, 4) is 0 Å². The molecule has 14 heavy (non-hydrogen) atoms. The molecule has 0 saturated carbocycles. The third-order valence-corrected chi connectivity index (χ3v) is 3.24. The zero-order valence-corrected chi connectivity index (χ0v) is 11.1. The second kappa shape index (κ2) is 5.19. The summed E-state index contributed by atoms with van der Waals surface area (Å²) in [4.78, 5) is 6.24. The molecule has 5 heteroatoms. The molecule has 1 atom stereocenters. The van der Waals surface area contributed by atoms with Gasteiger partial charge in [-0.15, -0.1) is 11.6 Å². The van der Waals surface area contributed by atoms with Crippen LogP contribution in [-0.2, 0) is 0 Å². The minimum absolute atomic E-state index is 0.238. The monoisotopic (exact) mass is 296 g/mol. The Morgan fingerprint density at radius 2 is 2.29 bits per heavy atom. The first-order valence-electron chi connectivity index (χ1n) is 4.16. The molecule has 1 aromatic rings. The van der Waals surface area contributed by atoms with E-state index in [1.54, 1.807) is 6.20 Å². The third kappa shape index (κ3) is 2.75. The summed E-state index contributed by atoms with van der Waals surface area (Å²) in [6.07, 6.45) is 1.62. The highest BCUT2D eigenvalue weighted by molar-refractivity contribution is 9.10. The Bertz CT molecular complexity index is 320. The summed E-state index contributed by atoms with van der Waals surface area (Å²) < 4.78 is 0.879. The fraction of sp³-hybridized carbons (Fsp3) is 0.444. The van der Waals surface area contributed by atoms with E-state index in [1.807, 2.05) is 24.9 Å². The maximum absolute atomic E-state index is 5.80. The predicted octanol–water partition coefficient (Wildman–Crippen LogP) is 3.56. The molecule has 1 unspecified atom stereocenters. The van der Waals surface area contributed by atoms with E-state index in [0.717, 1.165) is 10.3 Å². The standard InChI is InChI=1S/C9H11BrCl2N2/c1-6(4-11)14(2)9-8(10)3-7(12)5-13-9/h3,5-6H,4H2,1-2H3. The molecule has 0 spiro atoms. The van der Waals surface area contributed by atoms with Crippen molar-refractivity contribution < 1.29 is 0 Å². The van der Waals surface area contributed by atoms with Gasteiger partial charge < -0.3 is 4.90 Å². The van der Waals surface area contributed by atoms with Crippen LogP contribution in [0.1, 0.15) is 6.92 Å². The van der Waals surface area contributed by atoms with Gasteiger partial charge in [-0.2, -0.15) is 0 Å². The van der Waals surface area contributed by atoms with Gasteiger partial charge in [-0.1, -0.05) is 11.6 Å². The number of rotatable bonds is 3. The van der Waals surface area contributed by atoms with Gasteiger partial charge >= 0.3 is 0 Å². The van der Waals surface area contributed by atoms with Gasteiger partial charge in [0.1, 0.15) is 5.82 Å². The molecule has 2 nitrogen and oxygen atoms in total. The highest BCUT2D eigenvalue weighted by Crippen LogP contribution is 2.26. The average Bonchev–Trinajstić information content (AvgIpc) is 2.15. The minimum atomic E-state index is 0.238. The van der Waals surface area contributed by atoms with Gasteiger partial charge in [0, 0.05) is 25.2 Å². The summed E-state index contributed by atoms with van der Waals surface area (Å²) in [5.41, 5.74) is 0. The molecule has 0 aliphatic carbocycles. The van der Waals surface area contributed by atoms with Gasteiger partial charge in [-0.25, -0.2) is 4.98 Å². The number of aromatic nitrogens is 1. The minimum Gasteiger partial charge on any atom is -0.355 e. The molecule has 1 rings (SSSR count). The largest absolute Gasteiger partial charge is 0.355 e. The molecule has 0 aromatic carbocycles. The number of nitrogens with zero attached hydrogens (tertiary/aromatic N) is 2. The highest BCUT2D eigenvalue weighted by atomic mass is 79.9. The lowest BCUT2D eigenvalue weighted by molar-refractivity contribution is 0.747. The number of pyridine rings is 1. The van der Waals surface area contributed by atoms with E-state index in [0.29, 0.717) is 10.9 Å². The van der Waals surface area contributed by atoms with E-state index in [2.05, 4.69) is 20.9 Å². The van der Waals surface area contributed by atoms with Crippen LogP contribution in [0.2, 0.25) is 5.02 Å². The number of hydrogen-bond acceptors (Lipinski definition) is 2. The molecular weight excluding hydrogens is 287 g/mol. The number of halogens is 3. The molecule has 0 radical (unpaired) electrons. The Labute approximate surface area is 102 Å². The van der Waals surface area contributed by atoms with E-state index < -0.39 is 0 Å². The van der Waals surface area contributed by atoms with Crippen molar-refractivity contribution in [1.29, 1.82) is 0 Å². The zero-order valence-electron chi connectivity index (χ0n) is 7.97. The lowest BCUT2D eigenvalue weighted by atomic mass is 10.3. The molecule has 78 valence electrons. The first-order valence-corrected chi connectivity index (χ1v) is 5.86. The summed E-state index contributed by atoms with van der Waals surface area (Å²) in [7, 11) is 1.95. The molecule has 0 amide bonds. The average molecular weight is 298 g/mol. The first-order chi connectivity index (χ1) is 6.56. The van der Waals surface area contributed by atoms with E-state index in [9.17, 15) is 0 Å². The highest BCUT2D eigenvalue weighted by Gasteiger charge is 2.13. The van der Waals surface area contributed by atoms with Crippen LogP contribution in [0.4, 0.5) is 5.82 Å². The van der Waals surface area contributed by atoms with Crippen LogP contribution in [0.15, 0.2) is 16.7 Å². The number of hydrogen-bond donors (Lipinski definition) is 0. The van der Waals surface area contributed by atoms with Crippen LogP contribution in [0.25, 0.3) is 0 Å². The summed E-state index contributed by atoms with van der Waals surface area (Å²) in [6, 6.07) is 2.06. The Kier molecular flexibility index (Phi) is 4.48. The summed E-state index contributed by atoms with van der Waals surface area (Å²) in [6.45, 7) is 2.04. The van der Waals surface area contributed by atoms with E-state index in [-0.39, 0.29) is 6.04 Å². The first kappa shape index (κ1) is 12.1. The maximum atomic E-state index is 5.80. The number of anilines is 1. The predicted molar refractivity (Wildman–Crippen MR) is 65.5 cm³/mol. The normalized spacial score (nSPS) is 12.6. The smallest absolute Gasteiger partial charge is 0.142 e. The quantitative estimate of drug-likeness (QED) is 0.793. The van der Waals surface area contributed by atoms with Gasteiger partial charge in [0.15, 0.2) is 0 Å². The van der Waals surface area contributed by atoms with Crippen LogP contribution in [0.3, 0.4) is 0 Å². The lowest BCUT2D eigenvalue weighted by Crippen LogP contribution is -2.31. The Morgan fingerprint density at radius 3 is 2.79 bits per heavy atom. The summed E-state index contributed by atoms with van der Waals surface area (Å²) in [5.74, 6) is 1.41. The molecule has 0 N–H and O–H groups in total. The van der Waals surface area contributed by atoms with Crippen molar-refractivity contribution in [2.75, 3.05) is 17.8 Å². The molecule has 1 heterocycles. The molecule has 0 fully saturated rings. The van der Waals surface area contributed by atoms with Crippen molar-refractivity contribution >= 4 is 44.9 Å². The fourth-order valence-corrected chi connectivity index (χ4v) is 2.10.